The number of nitrogens with zero attached hydrogens (tertiary/aromatic N) is 1. The number of carbonyl (C=O) groups is 1. The Balaban J connectivity index is 3.59. The Morgan fingerprint density at radius 3 is 2.46 bits per heavy atom. The van der Waals surface area contributed by atoms with E-state index < -0.39 is 0 Å². The van der Waals surface area contributed by atoms with Crippen LogP contribution in [0.25, 0.3) is 0 Å². The van der Waals surface area contributed by atoms with E-state index in [4.69, 9.17) is 5.11 Å². The molecule has 3 nitrogen and oxygen atoms in total. The lowest BCUT2D eigenvalue weighted by Crippen LogP contribution is -2.30. The third-order valence-electron chi connectivity index (χ3n) is 2.02. The van der Waals surface area contributed by atoms with E-state index in [0.717, 1.165) is 25.9 Å². The first-order chi connectivity index (χ1) is 6.20. The summed E-state index contributed by atoms with van der Waals surface area (Å²) in [6, 6.07) is 0. The maximum absolute atomic E-state index is 10.7. The minimum absolute atomic E-state index is 0.182. The molecule has 0 aromatic heterocycles. The molecule has 0 rings (SSSR count). The number of rotatable bonds is 8. The molecule has 0 aliphatic rings. The summed E-state index contributed by atoms with van der Waals surface area (Å²) in [6.07, 6.45) is 2.89. The van der Waals surface area contributed by atoms with Crippen molar-refractivity contribution < 1.29 is 9.90 Å². The first-order valence-corrected chi connectivity index (χ1v) is 5.03. The number of aliphatic hydroxyl groups excluding tert-OH is 1. The van der Waals surface area contributed by atoms with E-state index in [2.05, 4.69) is 11.8 Å². The minimum Gasteiger partial charge on any atom is -0.395 e. The van der Waals surface area contributed by atoms with Crippen molar-refractivity contribution in [3.63, 3.8) is 0 Å². The molecule has 0 saturated carbocycles. The van der Waals surface area contributed by atoms with Crippen LogP contribution < -0.4 is 0 Å². The molecule has 3 heteroatoms. The Bertz CT molecular complexity index is 137. The van der Waals surface area contributed by atoms with Crippen LogP contribution in [0.5, 0.6) is 0 Å². The highest BCUT2D eigenvalue weighted by atomic mass is 16.3. The Morgan fingerprint density at radius 1 is 1.31 bits per heavy atom. The zero-order valence-electron chi connectivity index (χ0n) is 8.75. The van der Waals surface area contributed by atoms with Gasteiger partial charge in [0.05, 0.1) is 6.61 Å². The van der Waals surface area contributed by atoms with Crippen LogP contribution in [0, 0.1) is 0 Å². The smallest absolute Gasteiger partial charge is 0.131 e. The van der Waals surface area contributed by atoms with Crippen molar-refractivity contribution in [1.82, 2.24) is 4.90 Å². The van der Waals surface area contributed by atoms with E-state index in [1.165, 1.54) is 0 Å². The SMILES string of the molecule is CCCCN(CCO)CCC(C)=O. The second-order valence-corrected chi connectivity index (χ2v) is 3.37. The van der Waals surface area contributed by atoms with Crippen molar-refractivity contribution in [3.8, 4) is 0 Å². The van der Waals surface area contributed by atoms with Gasteiger partial charge in [-0.15, -0.1) is 0 Å². The molecular weight excluding hydrogens is 166 g/mol. The van der Waals surface area contributed by atoms with Gasteiger partial charge in [-0.05, 0) is 19.9 Å². The monoisotopic (exact) mass is 187 g/mol. The highest BCUT2D eigenvalue weighted by Crippen LogP contribution is 1.96. The summed E-state index contributed by atoms with van der Waals surface area (Å²) in [5, 5.41) is 8.77. The summed E-state index contributed by atoms with van der Waals surface area (Å²) < 4.78 is 0. The van der Waals surface area contributed by atoms with Crippen LogP contribution in [-0.2, 0) is 4.79 Å². The van der Waals surface area contributed by atoms with Gasteiger partial charge in [0.2, 0.25) is 0 Å². The molecule has 0 radical (unpaired) electrons. The molecule has 0 atom stereocenters. The van der Waals surface area contributed by atoms with Gasteiger partial charge >= 0.3 is 0 Å². The first-order valence-electron chi connectivity index (χ1n) is 5.03. The van der Waals surface area contributed by atoms with Crippen LogP contribution in [0.4, 0.5) is 0 Å². The van der Waals surface area contributed by atoms with Crippen molar-refractivity contribution in [2.45, 2.75) is 33.1 Å². The average Bonchev–Trinajstić information content (AvgIpc) is 2.09. The van der Waals surface area contributed by atoms with Crippen LogP contribution in [0.3, 0.4) is 0 Å². The maximum atomic E-state index is 10.7. The number of ketones is 1. The molecule has 0 spiro atoms. The van der Waals surface area contributed by atoms with Crippen LogP contribution in [0.1, 0.15) is 33.1 Å². The van der Waals surface area contributed by atoms with E-state index in [1.54, 1.807) is 6.92 Å². The Morgan fingerprint density at radius 2 is 2.00 bits per heavy atom. The van der Waals surface area contributed by atoms with Gasteiger partial charge < -0.3 is 10.0 Å². The second kappa shape index (κ2) is 8.20. The van der Waals surface area contributed by atoms with Gasteiger partial charge in [0.1, 0.15) is 5.78 Å². The topological polar surface area (TPSA) is 40.5 Å². The quantitative estimate of drug-likeness (QED) is 0.617. The number of Topliss-reactive ketones (excluding diaryl/α,β-unsaturated/α-hetero) is 1. The average molecular weight is 187 g/mol. The molecule has 1 N–H and O–H groups in total. The third kappa shape index (κ3) is 7.94. The van der Waals surface area contributed by atoms with Crippen LogP contribution in [-0.4, -0.2) is 42.0 Å². The van der Waals surface area contributed by atoms with E-state index >= 15 is 0 Å². The first kappa shape index (κ1) is 12.6. The largest absolute Gasteiger partial charge is 0.395 e. The molecule has 0 saturated heterocycles. The zero-order valence-corrected chi connectivity index (χ0v) is 8.75. The summed E-state index contributed by atoms with van der Waals surface area (Å²) >= 11 is 0. The van der Waals surface area contributed by atoms with Crippen molar-refractivity contribution in [1.29, 1.82) is 0 Å². The molecule has 0 amide bonds. The molecule has 0 aliphatic carbocycles. The molecular formula is C10H21NO2. The fourth-order valence-electron chi connectivity index (χ4n) is 1.17. The predicted octanol–water partition coefficient (Wildman–Crippen LogP) is 1.06. The highest BCUT2D eigenvalue weighted by molar-refractivity contribution is 5.75. The van der Waals surface area contributed by atoms with Gasteiger partial charge in [0.15, 0.2) is 0 Å². The lowest BCUT2D eigenvalue weighted by molar-refractivity contribution is -0.117. The molecule has 0 aliphatic heterocycles. The molecule has 0 fully saturated rings. The number of unbranched alkanes of at least 4 members (excludes halogenated alkanes) is 1. The normalized spacial score (nSPS) is 10.8. The molecule has 13 heavy (non-hydrogen) atoms. The van der Waals surface area contributed by atoms with Crippen molar-refractivity contribution in [2.75, 3.05) is 26.2 Å². The maximum Gasteiger partial charge on any atom is 0.131 e. The number of carbonyl (C=O) groups excluding carboxylic acids is 1. The van der Waals surface area contributed by atoms with Crippen LogP contribution >= 0.6 is 0 Å². The molecule has 0 unspecified atom stereocenters. The van der Waals surface area contributed by atoms with Gasteiger partial charge in [-0.2, -0.15) is 0 Å². The van der Waals surface area contributed by atoms with Crippen molar-refractivity contribution in [3.05, 3.63) is 0 Å². The van der Waals surface area contributed by atoms with E-state index in [-0.39, 0.29) is 12.4 Å². The number of hydrogen-bond acceptors (Lipinski definition) is 3. The zero-order chi connectivity index (χ0) is 10.1. The van der Waals surface area contributed by atoms with Gasteiger partial charge in [-0.3, -0.25) is 4.79 Å². The van der Waals surface area contributed by atoms with Crippen molar-refractivity contribution >= 4 is 5.78 Å². The fourth-order valence-corrected chi connectivity index (χ4v) is 1.17. The Labute approximate surface area is 80.7 Å². The number of hydrogen-bond donors (Lipinski definition) is 1. The number of aliphatic hydroxyl groups is 1. The van der Waals surface area contributed by atoms with Crippen molar-refractivity contribution in [2.24, 2.45) is 0 Å². The summed E-state index contributed by atoms with van der Waals surface area (Å²) in [7, 11) is 0. The van der Waals surface area contributed by atoms with E-state index in [0.29, 0.717) is 13.0 Å². The summed E-state index contributed by atoms with van der Waals surface area (Å²) in [5.41, 5.74) is 0. The molecule has 0 bridgehead atoms. The van der Waals surface area contributed by atoms with Gasteiger partial charge in [0, 0.05) is 19.5 Å². The lowest BCUT2D eigenvalue weighted by atomic mass is 10.2. The lowest BCUT2D eigenvalue weighted by Gasteiger charge is -2.19. The van der Waals surface area contributed by atoms with E-state index in [1.807, 2.05) is 0 Å². The molecule has 0 heterocycles. The predicted molar refractivity (Wildman–Crippen MR) is 53.7 cm³/mol. The van der Waals surface area contributed by atoms with Crippen LogP contribution in [0.15, 0.2) is 0 Å². The summed E-state index contributed by atoms with van der Waals surface area (Å²) in [6.45, 7) is 6.40. The molecule has 0 aromatic rings. The highest BCUT2D eigenvalue weighted by Gasteiger charge is 2.04. The summed E-state index contributed by atoms with van der Waals surface area (Å²) in [4.78, 5) is 12.9. The van der Waals surface area contributed by atoms with E-state index in [9.17, 15) is 4.79 Å². The summed E-state index contributed by atoms with van der Waals surface area (Å²) in [5.74, 6) is 0.222. The Hall–Kier alpha value is -0.410. The van der Waals surface area contributed by atoms with Crippen LogP contribution in [0.2, 0.25) is 0 Å². The fraction of sp³-hybridized carbons (Fsp3) is 0.900. The molecule has 0 aromatic carbocycles. The molecule has 78 valence electrons. The third-order valence-corrected chi connectivity index (χ3v) is 2.02. The standard InChI is InChI=1S/C10H21NO2/c1-3-4-6-11(8-9-12)7-5-10(2)13/h12H,3-9H2,1-2H3. The minimum atomic E-state index is 0.182. The van der Waals surface area contributed by atoms with Gasteiger partial charge in [-0.1, -0.05) is 13.3 Å². The van der Waals surface area contributed by atoms with Gasteiger partial charge in [0.25, 0.3) is 0 Å². The second-order valence-electron chi connectivity index (χ2n) is 3.37. The van der Waals surface area contributed by atoms with Gasteiger partial charge in [-0.25, -0.2) is 0 Å². The Kier molecular flexibility index (Phi) is 7.94.